The van der Waals surface area contributed by atoms with Crippen LogP contribution in [0.1, 0.15) is 24.5 Å². The molecule has 10 heteroatoms. The highest BCUT2D eigenvalue weighted by molar-refractivity contribution is 6.07. The molecule has 1 aromatic heterocycles. The summed E-state index contributed by atoms with van der Waals surface area (Å²) >= 11 is 0. The second kappa shape index (κ2) is 6.73. The molecule has 0 saturated carbocycles. The molecular weight excluding hydrogens is 405 g/mol. The lowest BCUT2D eigenvalue weighted by Gasteiger charge is -2.20. The number of urea groups is 1. The molecule has 0 bridgehead atoms. The Morgan fingerprint density at radius 3 is 2.55 bits per heavy atom. The number of benzene rings is 2. The molecule has 0 aliphatic carbocycles. The maximum atomic E-state index is 14.6. The molecule has 31 heavy (non-hydrogen) atoms. The van der Waals surface area contributed by atoms with Crippen LogP contribution in [0.15, 0.2) is 40.9 Å². The van der Waals surface area contributed by atoms with Crippen molar-refractivity contribution in [3.05, 3.63) is 53.3 Å². The SMILES string of the molecule is CC1(c2ccc(-c3noc(-c4cc5c(cc4F)NC(=O)CC5)n3)cc2)NC(=O)NC1=O. The third-order valence-corrected chi connectivity index (χ3v) is 5.51. The van der Waals surface area contributed by atoms with E-state index in [1.54, 1.807) is 37.3 Å². The molecule has 5 rings (SSSR count). The van der Waals surface area contributed by atoms with Gasteiger partial charge >= 0.3 is 6.03 Å². The van der Waals surface area contributed by atoms with Crippen LogP contribution in [0.4, 0.5) is 14.9 Å². The van der Waals surface area contributed by atoms with Crippen molar-refractivity contribution in [1.82, 2.24) is 20.8 Å². The summed E-state index contributed by atoms with van der Waals surface area (Å²) in [5.74, 6) is -0.900. The molecule has 1 atom stereocenters. The first kappa shape index (κ1) is 18.9. The van der Waals surface area contributed by atoms with Crippen molar-refractivity contribution in [3.63, 3.8) is 0 Å². The molecule has 0 radical (unpaired) electrons. The number of anilines is 1. The van der Waals surface area contributed by atoms with E-state index in [1.165, 1.54) is 6.07 Å². The maximum Gasteiger partial charge on any atom is 0.322 e. The zero-order chi connectivity index (χ0) is 21.8. The standard InChI is InChI=1S/C21H16FN5O4/c1-21(19(29)25-20(30)26-21)12-5-2-10(3-6-12)17-24-18(31-27-17)13-8-11-4-7-16(28)23-15(11)9-14(13)22/h2-3,5-6,8-9H,4,7H2,1H3,(H,23,28)(H2,25,26,29,30). The number of amides is 4. The highest BCUT2D eigenvalue weighted by Gasteiger charge is 2.43. The highest BCUT2D eigenvalue weighted by Crippen LogP contribution is 2.32. The molecule has 2 aliphatic rings. The van der Waals surface area contributed by atoms with Crippen molar-refractivity contribution in [3.8, 4) is 22.8 Å². The van der Waals surface area contributed by atoms with E-state index >= 15 is 0 Å². The Labute approximate surface area is 175 Å². The second-order valence-electron chi connectivity index (χ2n) is 7.57. The number of aryl methyl sites for hydroxylation is 1. The molecule has 156 valence electrons. The number of aromatic nitrogens is 2. The van der Waals surface area contributed by atoms with Gasteiger partial charge in [-0.1, -0.05) is 29.4 Å². The Balaban J connectivity index is 1.43. The summed E-state index contributed by atoms with van der Waals surface area (Å²) in [4.78, 5) is 39.3. The van der Waals surface area contributed by atoms with Gasteiger partial charge in [-0.2, -0.15) is 4.98 Å². The van der Waals surface area contributed by atoms with Crippen LogP contribution in [0.25, 0.3) is 22.8 Å². The molecule has 4 amide bonds. The van der Waals surface area contributed by atoms with Gasteiger partial charge in [-0.25, -0.2) is 9.18 Å². The average molecular weight is 421 g/mol. The molecule has 1 fully saturated rings. The van der Waals surface area contributed by atoms with Crippen molar-refractivity contribution >= 4 is 23.5 Å². The van der Waals surface area contributed by atoms with Crippen molar-refractivity contribution in [1.29, 1.82) is 0 Å². The van der Waals surface area contributed by atoms with E-state index in [2.05, 4.69) is 26.1 Å². The number of hydrogen-bond donors (Lipinski definition) is 3. The van der Waals surface area contributed by atoms with Gasteiger partial charge in [0.2, 0.25) is 11.7 Å². The van der Waals surface area contributed by atoms with Gasteiger partial charge < -0.3 is 15.2 Å². The molecule has 2 aromatic carbocycles. The van der Waals surface area contributed by atoms with Crippen LogP contribution in [0.3, 0.4) is 0 Å². The van der Waals surface area contributed by atoms with Gasteiger partial charge in [-0.05, 0) is 36.6 Å². The Morgan fingerprint density at radius 2 is 1.84 bits per heavy atom. The summed E-state index contributed by atoms with van der Waals surface area (Å²) in [5.41, 5.74) is 1.42. The lowest BCUT2D eigenvalue weighted by Crippen LogP contribution is -2.40. The summed E-state index contributed by atoms with van der Waals surface area (Å²) in [5, 5.41) is 11.4. The van der Waals surface area contributed by atoms with Crippen molar-refractivity contribution < 1.29 is 23.3 Å². The molecule has 3 N–H and O–H groups in total. The number of carbonyl (C=O) groups is 3. The first-order valence-electron chi connectivity index (χ1n) is 9.54. The van der Waals surface area contributed by atoms with E-state index in [0.717, 1.165) is 5.56 Å². The van der Waals surface area contributed by atoms with Crippen molar-refractivity contribution in [2.45, 2.75) is 25.3 Å². The van der Waals surface area contributed by atoms with Crippen molar-refractivity contribution in [2.24, 2.45) is 0 Å². The molecule has 1 unspecified atom stereocenters. The van der Waals surface area contributed by atoms with Crippen LogP contribution in [0.2, 0.25) is 0 Å². The van der Waals surface area contributed by atoms with Crippen LogP contribution in [0, 0.1) is 5.82 Å². The summed E-state index contributed by atoms with van der Waals surface area (Å²) < 4.78 is 19.9. The number of nitrogens with zero attached hydrogens (tertiary/aromatic N) is 2. The van der Waals surface area contributed by atoms with Gasteiger partial charge in [0.1, 0.15) is 11.4 Å². The normalized spacial score (nSPS) is 20.1. The van der Waals surface area contributed by atoms with Crippen LogP contribution >= 0.6 is 0 Å². The van der Waals surface area contributed by atoms with Gasteiger partial charge in [0.05, 0.1) is 5.56 Å². The third-order valence-electron chi connectivity index (χ3n) is 5.51. The number of fused-ring (bicyclic) bond motifs is 1. The maximum absolute atomic E-state index is 14.6. The zero-order valence-electron chi connectivity index (χ0n) is 16.3. The van der Waals surface area contributed by atoms with E-state index < -0.39 is 23.3 Å². The third kappa shape index (κ3) is 3.12. The molecule has 2 aliphatic heterocycles. The Kier molecular flexibility index (Phi) is 4.10. The molecule has 0 spiro atoms. The number of rotatable bonds is 3. The topological polar surface area (TPSA) is 126 Å². The summed E-state index contributed by atoms with van der Waals surface area (Å²) in [6.07, 6.45) is 0.830. The van der Waals surface area contributed by atoms with Crippen molar-refractivity contribution in [2.75, 3.05) is 5.32 Å². The number of nitrogens with one attached hydrogen (secondary N) is 3. The summed E-state index contributed by atoms with van der Waals surface area (Å²) in [6, 6.07) is 9.04. The van der Waals surface area contributed by atoms with E-state index in [1.807, 2.05) is 0 Å². The van der Waals surface area contributed by atoms with Crippen LogP contribution < -0.4 is 16.0 Å². The van der Waals surface area contributed by atoms with Crippen LogP contribution in [0.5, 0.6) is 0 Å². The largest absolute Gasteiger partial charge is 0.334 e. The van der Waals surface area contributed by atoms with E-state index in [4.69, 9.17) is 4.52 Å². The fourth-order valence-corrected chi connectivity index (χ4v) is 3.72. The minimum absolute atomic E-state index is 0.0191. The molecular formula is C21H16FN5O4. The lowest BCUT2D eigenvalue weighted by atomic mass is 9.91. The molecule has 3 aromatic rings. The van der Waals surface area contributed by atoms with Gasteiger partial charge in [0.25, 0.3) is 11.8 Å². The Bertz CT molecular complexity index is 1250. The summed E-state index contributed by atoms with van der Waals surface area (Å²) in [7, 11) is 0. The predicted molar refractivity (Wildman–Crippen MR) is 106 cm³/mol. The Morgan fingerprint density at radius 1 is 1.06 bits per heavy atom. The summed E-state index contributed by atoms with van der Waals surface area (Å²) in [6.45, 7) is 1.61. The molecule has 3 heterocycles. The lowest BCUT2D eigenvalue weighted by molar-refractivity contribution is -0.123. The quantitative estimate of drug-likeness (QED) is 0.558. The highest BCUT2D eigenvalue weighted by atomic mass is 19.1. The fourth-order valence-electron chi connectivity index (χ4n) is 3.72. The van der Waals surface area contributed by atoms with Gasteiger partial charge in [0.15, 0.2) is 0 Å². The number of halogens is 1. The van der Waals surface area contributed by atoms with E-state index in [-0.39, 0.29) is 23.2 Å². The first-order valence-corrected chi connectivity index (χ1v) is 9.54. The number of hydrogen-bond acceptors (Lipinski definition) is 6. The monoisotopic (exact) mass is 421 g/mol. The molecule has 9 nitrogen and oxygen atoms in total. The second-order valence-corrected chi connectivity index (χ2v) is 7.57. The molecule has 1 saturated heterocycles. The van der Waals surface area contributed by atoms with Crippen LogP contribution in [-0.2, 0) is 21.5 Å². The number of carbonyl (C=O) groups excluding carboxylic acids is 3. The van der Waals surface area contributed by atoms with Gasteiger partial charge in [0, 0.05) is 17.7 Å². The van der Waals surface area contributed by atoms with Crippen LogP contribution in [-0.4, -0.2) is 28.0 Å². The fraction of sp³-hybridized carbons (Fsp3) is 0.190. The minimum Gasteiger partial charge on any atom is -0.334 e. The minimum atomic E-state index is -1.17. The van der Waals surface area contributed by atoms with E-state index in [9.17, 15) is 18.8 Å². The van der Waals surface area contributed by atoms with Gasteiger partial charge in [-0.3, -0.25) is 14.9 Å². The predicted octanol–water partition coefficient (Wildman–Crippen LogP) is 2.48. The van der Waals surface area contributed by atoms with E-state index in [0.29, 0.717) is 29.7 Å². The van der Waals surface area contributed by atoms with Gasteiger partial charge in [-0.15, -0.1) is 0 Å². The Hall–Kier alpha value is -4.08. The number of imide groups is 1. The smallest absolute Gasteiger partial charge is 0.322 e. The average Bonchev–Trinajstić information content (AvgIpc) is 3.32. The zero-order valence-corrected chi connectivity index (χ0v) is 16.3. The first-order chi connectivity index (χ1) is 14.8.